The van der Waals surface area contributed by atoms with Crippen LogP contribution >= 0.6 is 15.9 Å². The molecule has 4 rings (SSSR count). The Morgan fingerprint density at radius 3 is 2.77 bits per heavy atom. The van der Waals surface area contributed by atoms with Gasteiger partial charge >= 0.3 is 0 Å². The first-order valence-electron chi connectivity index (χ1n) is 10.2. The number of nitrogens with zero attached hydrogens (tertiary/aromatic N) is 2. The van der Waals surface area contributed by atoms with Crippen LogP contribution in [0.3, 0.4) is 0 Å². The van der Waals surface area contributed by atoms with Crippen LogP contribution in [-0.4, -0.2) is 25.8 Å². The average Bonchev–Trinajstić information content (AvgIpc) is 2.80. The number of carbonyl (C=O) groups is 1. The minimum atomic E-state index is -0.248. The fourth-order valence-corrected chi connectivity index (χ4v) is 4.08. The zero-order valence-corrected chi connectivity index (χ0v) is 18.9. The van der Waals surface area contributed by atoms with E-state index in [9.17, 15) is 4.79 Å². The van der Waals surface area contributed by atoms with Crippen LogP contribution in [0.2, 0.25) is 0 Å². The lowest BCUT2D eigenvalue weighted by Gasteiger charge is -2.31. The van der Waals surface area contributed by atoms with E-state index >= 15 is 0 Å². The van der Waals surface area contributed by atoms with Gasteiger partial charge in [0.1, 0.15) is 5.75 Å². The van der Waals surface area contributed by atoms with Gasteiger partial charge < -0.3 is 9.64 Å². The van der Waals surface area contributed by atoms with Crippen molar-refractivity contribution >= 4 is 33.7 Å². The quantitative estimate of drug-likeness (QED) is 0.393. The van der Waals surface area contributed by atoms with E-state index in [1.54, 1.807) is 25.5 Å². The highest BCUT2D eigenvalue weighted by atomic mass is 79.9. The molecule has 1 aliphatic heterocycles. The predicted molar refractivity (Wildman–Crippen MR) is 128 cm³/mol. The van der Waals surface area contributed by atoms with Crippen molar-refractivity contribution < 1.29 is 9.53 Å². The molecule has 0 saturated heterocycles. The molecule has 5 nitrogen and oxygen atoms in total. The van der Waals surface area contributed by atoms with Crippen molar-refractivity contribution in [2.24, 2.45) is 5.10 Å². The molecule has 0 aliphatic carbocycles. The minimum Gasteiger partial charge on any atom is -0.496 e. The maximum absolute atomic E-state index is 12.2. The number of amides is 1. The Bertz CT molecular complexity index is 1100. The summed E-state index contributed by atoms with van der Waals surface area (Å²) in [5.74, 6) is 0.599. The van der Waals surface area contributed by atoms with Crippen molar-refractivity contribution in [2.75, 3.05) is 18.6 Å². The Kier molecular flexibility index (Phi) is 6.67. The summed E-state index contributed by atoms with van der Waals surface area (Å²) in [5, 5.41) is 4.13. The zero-order chi connectivity index (χ0) is 21.6. The van der Waals surface area contributed by atoms with Crippen LogP contribution in [0.1, 0.15) is 33.5 Å². The fraction of sp³-hybridized carbons (Fsp3) is 0.200. The highest BCUT2D eigenvalue weighted by molar-refractivity contribution is 9.10. The first kappa shape index (κ1) is 21.1. The highest BCUT2D eigenvalue weighted by Crippen LogP contribution is 2.30. The zero-order valence-electron chi connectivity index (χ0n) is 17.3. The molecule has 1 heterocycles. The second kappa shape index (κ2) is 9.79. The molecule has 0 spiro atoms. The smallest absolute Gasteiger partial charge is 0.271 e. The molecule has 3 aromatic rings. The summed E-state index contributed by atoms with van der Waals surface area (Å²) >= 11 is 3.37. The van der Waals surface area contributed by atoms with Crippen LogP contribution in [0.5, 0.6) is 5.75 Å². The molecule has 0 bridgehead atoms. The summed E-state index contributed by atoms with van der Waals surface area (Å²) in [5.41, 5.74) is 7.80. The van der Waals surface area contributed by atoms with Gasteiger partial charge in [0.2, 0.25) is 0 Å². The summed E-state index contributed by atoms with van der Waals surface area (Å²) in [6, 6.07) is 21.7. The van der Waals surface area contributed by atoms with Crippen LogP contribution in [0.15, 0.2) is 76.3 Å². The molecule has 1 amide bonds. The van der Waals surface area contributed by atoms with Crippen molar-refractivity contribution in [3.8, 4) is 5.75 Å². The third-order valence-corrected chi connectivity index (χ3v) is 5.89. The molecular weight excluding hydrogens is 454 g/mol. The molecular formula is C25H24BrN3O2. The number of benzene rings is 3. The van der Waals surface area contributed by atoms with Gasteiger partial charge in [-0.1, -0.05) is 34.1 Å². The van der Waals surface area contributed by atoms with Crippen molar-refractivity contribution in [1.82, 2.24) is 5.43 Å². The Hall–Kier alpha value is -3.12. The number of hydrogen-bond acceptors (Lipinski definition) is 4. The van der Waals surface area contributed by atoms with Gasteiger partial charge in [0.05, 0.1) is 13.3 Å². The van der Waals surface area contributed by atoms with Crippen molar-refractivity contribution in [3.05, 3.63) is 93.5 Å². The Morgan fingerprint density at radius 1 is 1.16 bits per heavy atom. The van der Waals surface area contributed by atoms with Crippen LogP contribution in [0, 0.1) is 0 Å². The standard InChI is InChI=1S/C25H24BrN3O2/c1-31-24-13-8-18(16-27-28-25(30)20-9-11-22(26)12-10-20)15-21(24)17-29-14-4-6-19-5-2-3-7-23(19)29/h2-3,5,7-13,15-16H,4,6,14,17H2,1H3,(H,28,30). The number of fused-ring (bicyclic) bond motifs is 1. The molecule has 158 valence electrons. The number of nitrogens with one attached hydrogen (secondary N) is 1. The van der Waals surface area contributed by atoms with Gasteiger partial charge in [-0.05, 0) is 72.5 Å². The molecule has 3 aromatic carbocycles. The van der Waals surface area contributed by atoms with E-state index in [2.05, 4.69) is 61.7 Å². The third-order valence-electron chi connectivity index (χ3n) is 5.36. The van der Waals surface area contributed by atoms with Gasteiger partial charge in [0, 0.05) is 34.4 Å². The molecule has 31 heavy (non-hydrogen) atoms. The van der Waals surface area contributed by atoms with E-state index in [1.807, 2.05) is 24.3 Å². The fourth-order valence-electron chi connectivity index (χ4n) is 3.82. The third kappa shape index (κ3) is 5.14. The van der Waals surface area contributed by atoms with E-state index in [0.717, 1.165) is 47.3 Å². The lowest BCUT2D eigenvalue weighted by atomic mass is 10.0. The minimum absolute atomic E-state index is 0.248. The number of anilines is 1. The first-order valence-corrected chi connectivity index (χ1v) is 11.0. The molecule has 6 heteroatoms. The number of halogens is 1. The van der Waals surface area contributed by atoms with Gasteiger partial charge in [-0.25, -0.2) is 5.43 Å². The molecule has 0 fully saturated rings. The Morgan fingerprint density at radius 2 is 1.97 bits per heavy atom. The van der Waals surface area contributed by atoms with E-state index in [0.29, 0.717) is 5.56 Å². The first-order chi connectivity index (χ1) is 15.1. The van der Waals surface area contributed by atoms with Gasteiger partial charge in [-0.15, -0.1) is 0 Å². The topological polar surface area (TPSA) is 53.9 Å². The van der Waals surface area contributed by atoms with Crippen LogP contribution in [0.25, 0.3) is 0 Å². The van der Waals surface area contributed by atoms with Gasteiger partial charge in [0.25, 0.3) is 5.91 Å². The molecule has 0 radical (unpaired) electrons. The van der Waals surface area contributed by atoms with Crippen LogP contribution < -0.4 is 15.1 Å². The van der Waals surface area contributed by atoms with Gasteiger partial charge in [-0.3, -0.25) is 4.79 Å². The van der Waals surface area contributed by atoms with E-state index < -0.39 is 0 Å². The second-order valence-electron chi connectivity index (χ2n) is 7.43. The van der Waals surface area contributed by atoms with Gasteiger partial charge in [-0.2, -0.15) is 5.10 Å². The number of ether oxygens (including phenoxy) is 1. The number of aryl methyl sites for hydroxylation is 1. The number of rotatable bonds is 6. The lowest BCUT2D eigenvalue weighted by Crippen LogP contribution is -2.29. The van der Waals surface area contributed by atoms with Crippen molar-refractivity contribution in [3.63, 3.8) is 0 Å². The summed E-state index contributed by atoms with van der Waals surface area (Å²) in [7, 11) is 1.69. The van der Waals surface area contributed by atoms with E-state index in [4.69, 9.17) is 4.74 Å². The predicted octanol–water partition coefficient (Wildman–Crippen LogP) is 5.17. The lowest BCUT2D eigenvalue weighted by molar-refractivity contribution is 0.0955. The number of para-hydroxylation sites is 1. The van der Waals surface area contributed by atoms with Crippen molar-refractivity contribution in [1.29, 1.82) is 0 Å². The summed E-state index contributed by atoms with van der Waals surface area (Å²) < 4.78 is 6.52. The monoisotopic (exact) mass is 477 g/mol. The molecule has 0 unspecified atom stereocenters. The molecule has 0 aromatic heterocycles. The normalized spacial score (nSPS) is 13.2. The Labute approximate surface area is 190 Å². The largest absolute Gasteiger partial charge is 0.496 e. The van der Waals surface area contributed by atoms with Crippen LogP contribution in [-0.2, 0) is 13.0 Å². The molecule has 1 aliphatic rings. The maximum atomic E-state index is 12.2. The Balaban J connectivity index is 1.48. The maximum Gasteiger partial charge on any atom is 0.271 e. The highest BCUT2D eigenvalue weighted by Gasteiger charge is 2.18. The molecule has 0 atom stereocenters. The average molecular weight is 478 g/mol. The number of hydrogen-bond donors (Lipinski definition) is 1. The number of carbonyl (C=O) groups excluding carboxylic acids is 1. The molecule has 0 saturated carbocycles. The summed E-state index contributed by atoms with van der Waals surface area (Å²) in [6.45, 7) is 1.77. The second-order valence-corrected chi connectivity index (χ2v) is 8.35. The van der Waals surface area contributed by atoms with Crippen LogP contribution in [0.4, 0.5) is 5.69 Å². The van der Waals surface area contributed by atoms with E-state index in [-0.39, 0.29) is 5.91 Å². The van der Waals surface area contributed by atoms with Crippen molar-refractivity contribution in [2.45, 2.75) is 19.4 Å². The van der Waals surface area contributed by atoms with E-state index in [1.165, 1.54) is 11.3 Å². The number of methoxy groups -OCH3 is 1. The van der Waals surface area contributed by atoms with Gasteiger partial charge in [0.15, 0.2) is 0 Å². The summed E-state index contributed by atoms with van der Waals surface area (Å²) in [6.07, 6.45) is 3.92. The molecule has 1 N–H and O–H groups in total. The summed E-state index contributed by atoms with van der Waals surface area (Å²) in [4.78, 5) is 14.6. The SMILES string of the molecule is COc1ccc(C=NNC(=O)c2ccc(Br)cc2)cc1CN1CCCc2ccccc21. The number of hydrazone groups is 1.